The predicted molar refractivity (Wildman–Crippen MR) is 159 cm³/mol. The summed E-state index contributed by atoms with van der Waals surface area (Å²) in [5.41, 5.74) is 1.97. The van der Waals surface area contributed by atoms with E-state index in [2.05, 4.69) is 45.3 Å². The number of aromatic carboxylic acids is 1. The Balaban J connectivity index is 2.26. The van der Waals surface area contributed by atoms with Gasteiger partial charge in [-0.1, -0.05) is 89.5 Å². The van der Waals surface area contributed by atoms with Crippen LogP contribution in [0.25, 0.3) is 0 Å². The second kappa shape index (κ2) is 16.8. The minimum Gasteiger partial charge on any atom is -0.478 e. The van der Waals surface area contributed by atoms with E-state index in [1.807, 2.05) is 12.2 Å². The van der Waals surface area contributed by atoms with Crippen molar-refractivity contribution in [1.82, 2.24) is 0 Å². The number of hydrogen-bond donors (Lipinski definition) is 1. The van der Waals surface area contributed by atoms with Crippen LogP contribution in [0, 0.1) is 23.6 Å². The van der Waals surface area contributed by atoms with Crippen molar-refractivity contribution in [3.8, 4) is 11.8 Å². The molecule has 1 unspecified atom stereocenters. The Hall–Kier alpha value is -3.91. The SMILES string of the molecule is C=C/C=C(C#Cc1ccc(C(=O)N(CCCCCC)c2ccc(F)c(C(=O)O)c2)cc1)\C=C/C(C)CCCC. The number of carboxylic acids is 1. The highest BCUT2D eigenvalue weighted by atomic mass is 19.1. The normalized spacial score (nSPS) is 12.1. The molecule has 0 saturated carbocycles. The molecule has 0 aliphatic heterocycles. The minimum absolute atomic E-state index is 0.273. The standard InChI is InChI=1S/C34H40FNO3/c1-5-8-10-11-24-36(30-22-23-32(35)31(25-30)34(38)39)33(37)29-20-18-28(19-21-29)17-16-27(12-7-3)15-14-26(4)13-9-6-2/h7,12,14-15,18-23,25-26H,3,5-6,8-11,13,24H2,1-2,4H3,(H,38,39)/b15-14-,27-12+. The van der Waals surface area contributed by atoms with E-state index in [0.29, 0.717) is 23.7 Å². The summed E-state index contributed by atoms with van der Waals surface area (Å²) in [4.78, 5) is 26.5. The van der Waals surface area contributed by atoms with Crippen molar-refractivity contribution in [2.24, 2.45) is 5.92 Å². The number of carboxylic acid groups (broad SMARTS) is 1. The molecule has 1 amide bonds. The van der Waals surface area contributed by atoms with Crippen molar-refractivity contribution in [2.75, 3.05) is 11.4 Å². The lowest BCUT2D eigenvalue weighted by Crippen LogP contribution is -2.32. The van der Waals surface area contributed by atoms with Crippen LogP contribution in [0.5, 0.6) is 0 Å². The summed E-state index contributed by atoms with van der Waals surface area (Å²) in [6, 6.07) is 10.8. The van der Waals surface area contributed by atoms with Gasteiger partial charge in [0.25, 0.3) is 5.91 Å². The lowest BCUT2D eigenvalue weighted by Gasteiger charge is -2.23. The van der Waals surface area contributed by atoms with Gasteiger partial charge in [-0.2, -0.15) is 0 Å². The first-order valence-corrected chi connectivity index (χ1v) is 13.8. The Kier molecular flexibility index (Phi) is 13.5. The van der Waals surface area contributed by atoms with E-state index in [-0.39, 0.29) is 5.91 Å². The molecule has 2 rings (SSSR count). The van der Waals surface area contributed by atoms with E-state index in [1.165, 1.54) is 29.9 Å². The summed E-state index contributed by atoms with van der Waals surface area (Å²) < 4.78 is 14.0. The van der Waals surface area contributed by atoms with Crippen LogP contribution < -0.4 is 4.90 Å². The van der Waals surface area contributed by atoms with Crippen LogP contribution in [0.4, 0.5) is 10.1 Å². The van der Waals surface area contributed by atoms with Crippen LogP contribution in [-0.4, -0.2) is 23.5 Å². The smallest absolute Gasteiger partial charge is 0.338 e. The maximum absolute atomic E-state index is 14.0. The molecule has 0 bridgehead atoms. The van der Waals surface area contributed by atoms with Crippen molar-refractivity contribution >= 4 is 17.6 Å². The molecule has 206 valence electrons. The third-order valence-electron chi connectivity index (χ3n) is 6.37. The topological polar surface area (TPSA) is 57.6 Å². The molecule has 2 aromatic carbocycles. The fraction of sp³-hybridized carbons (Fsp3) is 0.353. The molecule has 0 aromatic heterocycles. The fourth-order valence-corrected chi connectivity index (χ4v) is 4.04. The van der Waals surface area contributed by atoms with Gasteiger partial charge in [0.1, 0.15) is 5.82 Å². The van der Waals surface area contributed by atoms with Crippen LogP contribution in [-0.2, 0) is 0 Å². The molecule has 0 spiro atoms. The van der Waals surface area contributed by atoms with E-state index in [9.17, 15) is 19.1 Å². The van der Waals surface area contributed by atoms with Gasteiger partial charge in [-0.15, -0.1) is 0 Å². The number of unbranched alkanes of at least 4 members (excludes halogenated alkanes) is 4. The number of rotatable bonds is 14. The first-order chi connectivity index (χ1) is 18.8. The third-order valence-corrected chi connectivity index (χ3v) is 6.37. The van der Waals surface area contributed by atoms with Crippen LogP contribution in [0.2, 0.25) is 0 Å². The predicted octanol–water partition coefficient (Wildman–Crippen LogP) is 8.60. The quantitative estimate of drug-likeness (QED) is 0.151. The van der Waals surface area contributed by atoms with Gasteiger partial charge in [-0.3, -0.25) is 4.79 Å². The van der Waals surface area contributed by atoms with Crippen molar-refractivity contribution in [3.63, 3.8) is 0 Å². The fourth-order valence-electron chi connectivity index (χ4n) is 4.04. The molecular weight excluding hydrogens is 489 g/mol. The Labute approximate surface area is 232 Å². The van der Waals surface area contributed by atoms with Crippen molar-refractivity contribution in [3.05, 3.63) is 101 Å². The van der Waals surface area contributed by atoms with Crippen LogP contribution in [0.3, 0.4) is 0 Å². The summed E-state index contributed by atoms with van der Waals surface area (Å²) >= 11 is 0. The Morgan fingerprint density at radius 2 is 1.77 bits per heavy atom. The summed E-state index contributed by atoms with van der Waals surface area (Å²) in [5, 5.41) is 9.35. The Morgan fingerprint density at radius 3 is 2.41 bits per heavy atom. The molecule has 0 aliphatic carbocycles. The Bertz CT molecular complexity index is 1230. The highest BCUT2D eigenvalue weighted by Gasteiger charge is 2.20. The molecular formula is C34H40FNO3. The number of hydrogen-bond acceptors (Lipinski definition) is 2. The number of amides is 1. The van der Waals surface area contributed by atoms with Gasteiger partial charge in [0.2, 0.25) is 0 Å². The minimum atomic E-state index is -1.37. The number of anilines is 1. The van der Waals surface area contributed by atoms with Gasteiger partial charge in [-0.05, 0) is 67.3 Å². The van der Waals surface area contributed by atoms with Gasteiger partial charge < -0.3 is 10.0 Å². The maximum atomic E-state index is 14.0. The molecule has 0 radical (unpaired) electrons. The second-order valence-electron chi connectivity index (χ2n) is 9.65. The van der Waals surface area contributed by atoms with E-state index in [0.717, 1.165) is 49.3 Å². The van der Waals surface area contributed by atoms with Gasteiger partial charge in [-0.25, -0.2) is 9.18 Å². The zero-order valence-corrected chi connectivity index (χ0v) is 23.4. The monoisotopic (exact) mass is 529 g/mol. The molecule has 1 N–H and O–H groups in total. The van der Waals surface area contributed by atoms with Gasteiger partial charge in [0, 0.05) is 28.9 Å². The van der Waals surface area contributed by atoms with Crippen molar-refractivity contribution in [2.45, 2.75) is 65.7 Å². The molecule has 1 atom stereocenters. The number of halogens is 1. The lowest BCUT2D eigenvalue weighted by molar-refractivity contribution is 0.0691. The first-order valence-electron chi connectivity index (χ1n) is 13.8. The highest BCUT2D eigenvalue weighted by Crippen LogP contribution is 2.23. The first kappa shape index (κ1) is 31.3. The highest BCUT2D eigenvalue weighted by molar-refractivity contribution is 6.06. The van der Waals surface area contributed by atoms with Crippen molar-refractivity contribution in [1.29, 1.82) is 0 Å². The van der Waals surface area contributed by atoms with Gasteiger partial charge in [0.15, 0.2) is 0 Å². The summed E-state index contributed by atoms with van der Waals surface area (Å²) in [5.74, 6) is 4.32. The van der Waals surface area contributed by atoms with Crippen LogP contribution in [0.1, 0.15) is 92.0 Å². The molecule has 0 fully saturated rings. The van der Waals surface area contributed by atoms with E-state index >= 15 is 0 Å². The largest absolute Gasteiger partial charge is 0.478 e. The maximum Gasteiger partial charge on any atom is 0.338 e. The summed E-state index contributed by atoms with van der Waals surface area (Å²) in [6.07, 6.45) is 15.1. The summed E-state index contributed by atoms with van der Waals surface area (Å²) in [6.45, 7) is 10.7. The number of nitrogens with zero attached hydrogens (tertiary/aromatic N) is 1. The van der Waals surface area contributed by atoms with Crippen molar-refractivity contribution < 1.29 is 19.1 Å². The second-order valence-corrected chi connectivity index (χ2v) is 9.65. The average molecular weight is 530 g/mol. The molecule has 39 heavy (non-hydrogen) atoms. The molecule has 4 nitrogen and oxygen atoms in total. The van der Waals surface area contributed by atoms with Crippen LogP contribution in [0.15, 0.2) is 78.9 Å². The number of benzene rings is 2. The number of carbonyl (C=O) groups excluding carboxylic acids is 1. The zero-order chi connectivity index (χ0) is 28.6. The number of carbonyl (C=O) groups is 2. The average Bonchev–Trinajstić information content (AvgIpc) is 2.93. The van der Waals surface area contributed by atoms with E-state index in [1.54, 1.807) is 30.3 Å². The van der Waals surface area contributed by atoms with Gasteiger partial charge >= 0.3 is 5.97 Å². The number of allylic oxidation sites excluding steroid dienone is 5. The molecule has 0 aliphatic rings. The lowest BCUT2D eigenvalue weighted by atomic mass is 10.0. The zero-order valence-electron chi connectivity index (χ0n) is 23.4. The molecule has 0 saturated heterocycles. The Morgan fingerprint density at radius 1 is 1.05 bits per heavy atom. The summed E-state index contributed by atoms with van der Waals surface area (Å²) in [7, 11) is 0. The molecule has 0 heterocycles. The third kappa shape index (κ3) is 10.4. The molecule has 2 aromatic rings. The van der Waals surface area contributed by atoms with Gasteiger partial charge in [0.05, 0.1) is 5.56 Å². The van der Waals surface area contributed by atoms with Crippen LogP contribution >= 0.6 is 0 Å². The van der Waals surface area contributed by atoms with E-state index in [4.69, 9.17) is 0 Å². The molecule has 5 heteroatoms. The van der Waals surface area contributed by atoms with E-state index < -0.39 is 17.3 Å².